The monoisotopic (exact) mass is 334 g/mol. The van der Waals surface area contributed by atoms with Gasteiger partial charge in [-0.25, -0.2) is 9.97 Å². The number of nitrogens with zero attached hydrogens (tertiary/aromatic N) is 3. The number of rotatable bonds is 4. The van der Waals surface area contributed by atoms with Gasteiger partial charge in [0.25, 0.3) is 5.91 Å². The first-order valence-corrected chi connectivity index (χ1v) is 7.45. The zero-order valence-electron chi connectivity index (χ0n) is 13.5. The van der Waals surface area contributed by atoms with Gasteiger partial charge in [0.2, 0.25) is 5.95 Å². The number of nitrogens with two attached hydrogens (primary N) is 1. The second-order valence-electron chi connectivity index (χ2n) is 5.34. The Morgan fingerprint density at radius 2 is 1.87 bits per heavy atom. The van der Waals surface area contributed by atoms with Crippen molar-refractivity contribution in [2.75, 3.05) is 19.8 Å². The van der Waals surface area contributed by atoms with Crippen molar-refractivity contribution >= 4 is 23.5 Å². The van der Waals surface area contributed by atoms with Crippen LogP contribution in [0.4, 0.5) is 5.95 Å². The summed E-state index contributed by atoms with van der Waals surface area (Å²) in [5.74, 6) is 0.545. The number of hydrogen-bond donors (Lipinski definition) is 1. The third-order valence-corrected chi connectivity index (χ3v) is 3.52. The first kappa shape index (κ1) is 17.0. The van der Waals surface area contributed by atoms with Gasteiger partial charge < -0.3 is 15.4 Å². The summed E-state index contributed by atoms with van der Waals surface area (Å²) >= 11 is 5.87. The zero-order chi connectivity index (χ0) is 17.1. The van der Waals surface area contributed by atoms with E-state index in [0.29, 0.717) is 27.7 Å². The third-order valence-electron chi connectivity index (χ3n) is 3.27. The minimum Gasteiger partial charge on any atom is -0.484 e. The van der Waals surface area contributed by atoms with Gasteiger partial charge in [0, 0.05) is 19.1 Å². The summed E-state index contributed by atoms with van der Waals surface area (Å²) < 4.78 is 5.86. The summed E-state index contributed by atoms with van der Waals surface area (Å²) in [6, 6.07) is 6.97. The normalized spacial score (nSPS) is 11.9. The fourth-order valence-corrected chi connectivity index (χ4v) is 2.30. The van der Waals surface area contributed by atoms with Crippen LogP contribution in [0, 0.1) is 6.92 Å². The van der Waals surface area contributed by atoms with Crippen molar-refractivity contribution in [3.63, 3.8) is 0 Å². The molecule has 0 spiro atoms. The number of amides is 1. The number of nitrogen functional groups attached to an aromatic ring is 1. The maximum Gasteiger partial charge on any atom is 0.257 e. The number of ether oxygens (including phenoxy) is 1. The Labute approximate surface area is 140 Å². The fraction of sp³-hybridized carbons (Fsp3) is 0.312. The number of hydrogen-bond acceptors (Lipinski definition) is 5. The third kappa shape index (κ3) is 3.90. The van der Waals surface area contributed by atoms with Crippen molar-refractivity contribution in [1.29, 1.82) is 0 Å². The molecule has 2 rings (SSSR count). The van der Waals surface area contributed by atoms with Crippen molar-refractivity contribution in [2.24, 2.45) is 0 Å². The molecule has 0 aliphatic rings. The predicted octanol–water partition coefficient (Wildman–Crippen LogP) is 2.86. The molecule has 0 saturated carbocycles. The van der Waals surface area contributed by atoms with Crippen LogP contribution in [0.15, 0.2) is 24.3 Å². The van der Waals surface area contributed by atoms with Crippen molar-refractivity contribution < 1.29 is 9.53 Å². The van der Waals surface area contributed by atoms with Gasteiger partial charge in [0.15, 0.2) is 0 Å². The van der Waals surface area contributed by atoms with E-state index in [2.05, 4.69) is 9.97 Å². The maximum atomic E-state index is 12.4. The van der Waals surface area contributed by atoms with Crippen LogP contribution in [0.3, 0.4) is 0 Å². The van der Waals surface area contributed by atoms with E-state index >= 15 is 0 Å². The molecule has 0 saturated heterocycles. The lowest BCUT2D eigenvalue weighted by atomic mass is 10.1. The number of halogens is 1. The molecule has 6 nitrogen and oxygen atoms in total. The molecule has 1 unspecified atom stereocenters. The maximum absolute atomic E-state index is 12.4. The Morgan fingerprint density at radius 1 is 1.26 bits per heavy atom. The molecular weight excluding hydrogens is 316 g/mol. The Bertz CT molecular complexity index is 717. The highest BCUT2D eigenvalue weighted by Crippen LogP contribution is 2.26. The average Bonchev–Trinajstić information content (AvgIpc) is 2.48. The van der Waals surface area contributed by atoms with Gasteiger partial charge in [-0.05, 0) is 38.1 Å². The summed E-state index contributed by atoms with van der Waals surface area (Å²) in [5.41, 5.74) is 7.13. The van der Waals surface area contributed by atoms with Crippen LogP contribution in [-0.4, -0.2) is 34.9 Å². The van der Waals surface area contributed by atoms with Crippen LogP contribution < -0.4 is 10.5 Å². The molecular formula is C16H19ClN4O2. The van der Waals surface area contributed by atoms with E-state index in [-0.39, 0.29) is 11.9 Å². The van der Waals surface area contributed by atoms with Gasteiger partial charge in [-0.1, -0.05) is 11.6 Å². The predicted molar refractivity (Wildman–Crippen MR) is 89.7 cm³/mol. The van der Waals surface area contributed by atoms with Crippen molar-refractivity contribution in [1.82, 2.24) is 14.9 Å². The molecule has 1 heterocycles. The molecule has 1 atom stereocenters. The van der Waals surface area contributed by atoms with Crippen LogP contribution in [-0.2, 0) is 0 Å². The summed E-state index contributed by atoms with van der Waals surface area (Å²) in [6.07, 6.45) is -0.473. The van der Waals surface area contributed by atoms with Crippen LogP contribution in [0.25, 0.3) is 0 Å². The molecule has 1 aromatic heterocycles. The highest BCUT2D eigenvalue weighted by molar-refractivity contribution is 6.30. The Balaban J connectivity index is 2.40. The minimum atomic E-state index is -0.473. The first-order valence-electron chi connectivity index (χ1n) is 7.07. The number of aryl methyl sites for hydroxylation is 1. The summed E-state index contributed by atoms with van der Waals surface area (Å²) in [4.78, 5) is 22.2. The molecule has 23 heavy (non-hydrogen) atoms. The second-order valence-corrected chi connectivity index (χ2v) is 5.78. The molecule has 0 fully saturated rings. The smallest absolute Gasteiger partial charge is 0.257 e. The number of aromatic nitrogens is 2. The zero-order valence-corrected chi connectivity index (χ0v) is 14.3. The van der Waals surface area contributed by atoms with Crippen LogP contribution in [0.1, 0.15) is 34.8 Å². The average molecular weight is 335 g/mol. The van der Waals surface area contributed by atoms with Gasteiger partial charge in [0.05, 0.1) is 17.0 Å². The van der Waals surface area contributed by atoms with E-state index in [1.54, 1.807) is 45.3 Å². The van der Waals surface area contributed by atoms with Crippen LogP contribution in [0.2, 0.25) is 5.02 Å². The van der Waals surface area contributed by atoms with Crippen LogP contribution >= 0.6 is 11.6 Å². The second kappa shape index (κ2) is 6.83. The van der Waals surface area contributed by atoms with E-state index < -0.39 is 6.10 Å². The lowest BCUT2D eigenvalue weighted by Gasteiger charge is -2.20. The topological polar surface area (TPSA) is 81.3 Å². The molecule has 0 aliphatic heterocycles. The molecule has 2 N–H and O–H groups in total. The number of carbonyl (C=O) groups is 1. The van der Waals surface area contributed by atoms with Gasteiger partial charge in [-0.2, -0.15) is 0 Å². The summed E-state index contributed by atoms with van der Waals surface area (Å²) in [6.45, 7) is 3.54. The lowest BCUT2D eigenvalue weighted by Crippen LogP contribution is -2.27. The van der Waals surface area contributed by atoms with E-state index in [1.165, 1.54) is 4.90 Å². The van der Waals surface area contributed by atoms with Gasteiger partial charge in [-0.15, -0.1) is 0 Å². The first-order chi connectivity index (χ1) is 10.8. The largest absolute Gasteiger partial charge is 0.484 e. The fourth-order valence-electron chi connectivity index (χ4n) is 2.17. The number of benzene rings is 1. The van der Waals surface area contributed by atoms with Gasteiger partial charge in [-0.3, -0.25) is 4.79 Å². The molecule has 7 heteroatoms. The van der Waals surface area contributed by atoms with Crippen molar-refractivity contribution in [2.45, 2.75) is 20.0 Å². The molecule has 1 amide bonds. The van der Waals surface area contributed by atoms with E-state index in [9.17, 15) is 4.79 Å². The molecule has 1 aromatic carbocycles. The van der Waals surface area contributed by atoms with E-state index in [4.69, 9.17) is 22.1 Å². The Hall–Kier alpha value is -2.34. The molecule has 122 valence electrons. The SMILES string of the molecule is Cc1nc(N)nc(C(C)Oc2ccc(Cl)cc2)c1C(=O)N(C)C. The van der Waals surface area contributed by atoms with Crippen molar-refractivity contribution in [3.8, 4) is 5.75 Å². The highest BCUT2D eigenvalue weighted by Gasteiger charge is 2.24. The van der Waals surface area contributed by atoms with E-state index in [0.717, 1.165) is 0 Å². The standard InChI is InChI=1S/C16H19ClN4O2/c1-9-13(15(22)21(3)4)14(20-16(18)19-9)10(2)23-12-7-5-11(17)6-8-12/h5-8,10H,1-4H3,(H2,18,19,20). The van der Waals surface area contributed by atoms with E-state index in [1.807, 2.05) is 6.92 Å². The molecule has 0 bridgehead atoms. The minimum absolute atomic E-state index is 0.111. The summed E-state index contributed by atoms with van der Waals surface area (Å²) in [5, 5.41) is 0.621. The molecule has 0 aliphatic carbocycles. The number of carbonyl (C=O) groups excluding carboxylic acids is 1. The molecule has 2 aromatic rings. The highest BCUT2D eigenvalue weighted by atomic mass is 35.5. The van der Waals surface area contributed by atoms with Crippen LogP contribution in [0.5, 0.6) is 5.75 Å². The number of anilines is 1. The van der Waals surface area contributed by atoms with Gasteiger partial charge in [0.1, 0.15) is 11.9 Å². The Kier molecular flexibility index (Phi) is 5.05. The Morgan fingerprint density at radius 3 is 2.43 bits per heavy atom. The summed E-state index contributed by atoms with van der Waals surface area (Å²) in [7, 11) is 3.35. The van der Waals surface area contributed by atoms with Crippen molar-refractivity contribution in [3.05, 3.63) is 46.2 Å². The lowest BCUT2D eigenvalue weighted by molar-refractivity contribution is 0.0820. The quantitative estimate of drug-likeness (QED) is 0.929. The molecule has 0 radical (unpaired) electrons. The van der Waals surface area contributed by atoms with Gasteiger partial charge >= 0.3 is 0 Å².